The molecule has 2 saturated heterocycles. The van der Waals surface area contributed by atoms with Crippen molar-refractivity contribution in [3.8, 4) is 0 Å². The van der Waals surface area contributed by atoms with Crippen LogP contribution in [0.25, 0.3) is 0 Å². The van der Waals surface area contributed by atoms with Crippen LogP contribution in [0.3, 0.4) is 0 Å². The van der Waals surface area contributed by atoms with Gasteiger partial charge in [-0.25, -0.2) is 0 Å². The summed E-state index contributed by atoms with van der Waals surface area (Å²) >= 11 is 12.2. The van der Waals surface area contributed by atoms with E-state index in [4.69, 9.17) is 28.9 Å². The number of aryl methyl sites for hydroxylation is 2. The van der Waals surface area contributed by atoms with Crippen LogP contribution in [0.1, 0.15) is 49.7 Å². The molecule has 0 spiro atoms. The van der Waals surface area contributed by atoms with Crippen LogP contribution in [0.5, 0.6) is 0 Å². The van der Waals surface area contributed by atoms with Gasteiger partial charge < -0.3 is 15.7 Å². The van der Waals surface area contributed by atoms with Crippen molar-refractivity contribution in [2.24, 2.45) is 5.73 Å². The van der Waals surface area contributed by atoms with Gasteiger partial charge in [-0.3, -0.25) is 19.3 Å². The molecule has 1 amide bonds. The number of carbonyl (C=O) groups excluding carboxylic acids is 3. The zero-order valence-corrected chi connectivity index (χ0v) is 23.6. The fourth-order valence-corrected chi connectivity index (χ4v) is 6.21. The largest absolute Gasteiger partial charge is 0.389 e. The van der Waals surface area contributed by atoms with Gasteiger partial charge in [0.25, 0.3) is 0 Å². The summed E-state index contributed by atoms with van der Waals surface area (Å²) in [6.07, 6.45) is 3.95. The van der Waals surface area contributed by atoms with E-state index in [2.05, 4.69) is 17.0 Å². The Balaban J connectivity index is 1.51. The maximum Gasteiger partial charge on any atom is 0.240 e. The monoisotopic (exact) mass is 573 g/mol. The first kappa shape index (κ1) is 29.7. The molecule has 7 nitrogen and oxygen atoms in total. The zero-order valence-electron chi connectivity index (χ0n) is 22.1. The highest BCUT2D eigenvalue weighted by molar-refractivity contribution is 6.42. The van der Waals surface area contributed by atoms with Gasteiger partial charge in [0.1, 0.15) is 6.61 Å². The molecule has 39 heavy (non-hydrogen) atoms. The lowest BCUT2D eigenvalue weighted by Crippen LogP contribution is -2.50. The number of halogens is 2. The van der Waals surface area contributed by atoms with Gasteiger partial charge in [-0.1, -0.05) is 59.6 Å². The minimum Gasteiger partial charge on any atom is -0.389 e. The molecular formula is C30H37Cl2N3O4. The number of aliphatic hydroxyl groups excluding tert-OH is 1. The van der Waals surface area contributed by atoms with Crippen LogP contribution in [0.15, 0.2) is 48.5 Å². The molecule has 1 unspecified atom stereocenters. The van der Waals surface area contributed by atoms with Gasteiger partial charge in [-0.15, -0.1) is 0 Å². The summed E-state index contributed by atoms with van der Waals surface area (Å²) in [4.78, 5) is 43.5. The lowest BCUT2D eigenvalue weighted by atomic mass is 9.96. The highest BCUT2D eigenvalue weighted by Crippen LogP contribution is 2.31. The topological polar surface area (TPSA) is 104 Å². The number of benzene rings is 2. The molecule has 2 heterocycles. The van der Waals surface area contributed by atoms with Crippen LogP contribution < -0.4 is 5.73 Å². The van der Waals surface area contributed by atoms with Crippen molar-refractivity contribution in [1.29, 1.82) is 0 Å². The summed E-state index contributed by atoms with van der Waals surface area (Å²) in [6.45, 7) is 0.518. The minimum absolute atomic E-state index is 0.0365. The Bertz CT molecular complexity index is 1160. The van der Waals surface area contributed by atoms with Crippen molar-refractivity contribution in [2.45, 2.75) is 75.5 Å². The Labute approximate surface area is 240 Å². The van der Waals surface area contributed by atoms with E-state index in [1.807, 2.05) is 24.3 Å². The lowest BCUT2D eigenvalue weighted by molar-refractivity contribution is -0.142. The molecule has 0 aliphatic carbocycles. The van der Waals surface area contributed by atoms with E-state index in [1.165, 1.54) is 5.56 Å². The number of aliphatic hydroxyl groups is 1. The average Bonchev–Trinajstić information content (AvgIpc) is 3.28. The maximum absolute atomic E-state index is 13.9. The molecule has 0 bridgehead atoms. The number of Topliss-reactive ketones (excluding diaryl/α,β-unsaturated/α-hetero) is 2. The molecule has 2 fully saturated rings. The van der Waals surface area contributed by atoms with E-state index in [1.54, 1.807) is 17.0 Å². The van der Waals surface area contributed by atoms with Gasteiger partial charge >= 0.3 is 0 Å². The molecule has 2 aliphatic heterocycles. The molecule has 4 rings (SSSR count). The molecule has 3 N–H and O–H groups in total. The fraction of sp³-hybridized carbons (Fsp3) is 0.500. The molecule has 4 atom stereocenters. The molecule has 210 valence electrons. The van der Waals surface area contributed by atoms with E-state index < -0.39 is 12.6 Å². The first-order chi connectivity index (χ1) is 18.8. The minimum atomic E-state index is -0.734. The Morgan fingerprint density at radius 1 is 1.03 bits per heavy atom. The van der Waals surface area contributed by atoms with Crippen LogP contribution in [0, 0.1) is 0 Å². The Kier molecular flexibility index (Phi) is 10.6. The second kappa shape index (κ2) is 13.9. The van der Waals surface area contributed by atoms with Crippen molar-refractivity contribution < 1.29 is 19.5 Å². The second-order valence-electron chi connectivity index (χ2n) is 10.7. The molecular weight excluding hydrogens is 537 g/mol. The number of rotatable bonds is 12. The van der Waals surface area contributed by atoms with Gasteiger partial charge in [0.05, 0.1) is 22.1 Å². The third-order valence-electron chi connectivity index (χ3n) is 7.99. The number of amides is 1. The number of nitrogens with zero attached hydrogens (tertiary/aromatic N) is 2. The van der Waals surface area contributed by atoms with Crippen molar-refractivity contribution in [3.05, 3.63) is 69.7 Å². The number of hydrogen-bond acceptors (Lipinski definition) is 6. The molecule has 2 aromatic rings. The summed E-state index contributed by atoms with van der Waals surface area (Å²) in [5, 5.41) is 10.1. The van der Waals surface area contributed by atoms with Crippen LogP contribution in [0.2, 0.25) is 10.0 Å². The molecule has 2 aromatic carbocycles. The van der Waals surface area contributed by atoms with Gasteiger partial charge in [0.15, 0.2) is 11.6 Å². The highest BCUT2D eigenvalue weighted by Gasteiger charge is 2.45. The quantitative estimate of drug-likeness (QED) is 0.400. The van der Waals surface area contributed by atoms with Gasteiger partial charge in [-0.2, -0.15) is 0 Å². The van der Waals surface area contributed by atoms with Crippen LogP contribution in [0.4, 0.5) is 0 Å². The number of hydrogen-bond donors (Lipinski definition) is 2. The zero-order chi connectivity index (χ0) is 27.9. The SMILES string of the molecule is N[C@@H]1C[C@H]2C(=O)N([C@H](CCC(=O)CO)C(=O)CCc3ccc(Cl)c(Cl)c3)CCC(CCc3ccccc3)N2C1. The summed E-state index contributed by atoms with van der Waals surface area (Å²) < 4.78 is 0. The van der Waals surface area contributed by atoms with Crippen molar-refractivity contribution in [2.75, 3.05) is 19.7 Å². The van der Waals surface area contributed by atoms with Crippen molar-refractivity contribution in [1.82, 2.24) is 9.80 Å². The fourth-order valence-electron chi connectivity index (χ4n) is 5.89. The normalized spacial score (nSPS) is 22.4. The number of fused-ring (bicyclic) bond motifs is 1. The van der Waals surface area contributed by atoms with Crippen molar-refractivity contribution in [3.63, 3.8) is 0 Å². The predicted molar refractivity (Wildman–Crippen MR) is 153 cm³/mol. The lowest BCUT2D eigenvalue weighted by Gasteiger charge is -2.32. The van der Waals surface area contributed by atoms with Gasteiger partial charge in [0, 0.05) is 38.0 Å². The van der Waals surface area contributed by atoms with E-state index >= 15 is 0 Å². The first-order valence-corrected chi connectivity index (χ1v) is 14.5. The molecule has 0 saturated carbocycles. The number of ketones is 2. The molecule has 0 radical (unpaired) electrons. The summed E-state index contributed by atoms with van der Waals surface area (Å²) in [7, 11) is 0. The van der Waals surface area contributed by atoms with Crippen LogP contribution >= 0.6 is 23.2 Å². The number of nitrogens with two attached hydrogens (primary N) is 1. The highest BCUT2D eigenvalue weighted by atomic mass is 35.5. The van der Waals surface area contributed by atoms with E-state index in [9.17, 15) is 19.5 Å². The van der Waals surface area contributed by atoms with Crippen LogP contribution in [-0.4, -0.2) is 76.2 Å². The average molecular weight is 575 g/mol. The summed E-state index contributed by atoms with van der Waals surface area (Å²) in [5.41, 5.74) is 8.46. The summed E-state index contributed by atoms with van der Waals surface area (Å²) in [6, 6.07) is 14.5. The Morgan fingerprint density at radius 3 is 2.51 bits per heavy atom. The standard InChI is InChI=1S/C30H37Cl2N3O4/c31-25-11-7-21(16-26(25)32)8-13-29(38)27(12-10-24(37)19-36)34-15-14-23(9-6-20-4-2-1-3-5-20)35-18-22(33)17-28(35)30(34)39/h1-5,7,11,16,22-23,27-28,36H,6,8-10,12-15,17-19,33H2/t22-,23?,27-,28+/m1/s1. The molecule has 0 aromatic heterocycles. The van der Waals surface area contributed by atoms with Crippen LogP contribution in [-0.2, 0) is 27.2 Å². The van der Waals surface area contributed by atoms with E-state index in [-0.39, 0.29) is 54.9 Å². The number of carbonyl (C=O) groups is 3. The maximum atomic E-state index is 13.9. The molecule has 2 aliphatic rings. The summed E-state index contributed by atoms with van der Waals surface area (Å²) in [5.74, 6) is -0.531. The van der Waals surface area contributed by atoms with E-state index in [0.717, 1.165) is 24.8 Å². The van der Waals surface area contributed by atoms with Crippen molar-refractivity contribution >= 4 is 40.7 Å². The predicted octanol–water partition coefficient (Wildman–Crippen LogP) is 3.84. The first-order valence-electron chi connectivity index (χ1n) is 13.7. The molecule has 9 heteroatoms. The Hall–Kier alpha value is -2.29. The van der Waals surface area contributed by atoms with E-state index in [0.29, 0.717) is 36.0 Å². The van der Waals surface area contributed by atoms with Gasteiger partial charge in [0.2, 0.25) is 5.91 Å². The van der Waals surface area contributed by atoms with Gasteiger partial charge in [-0.05, 0) is 61.8 Å². The second-order valence-corrected chi connectivity index (χ2v) is 11.5. The third kappa shape index (κ3) is 7.68. The Morgan fingerprint density at radius 2 is 1.79 bits per heavy atom. The smallest absolute Gasteiger partial charge is 0.240 e. The third-order valence-corrected chi connectivity index (χ3v) is 8.73.